The lowest BCUT2D eigenvalue weighted by Crippen LogP contribution is -2.67. The normalized spacial score (nSPS) is 54.0. The Hall–Kier alpha value is -1.11. The van der Waals surface area contributed by atoms with E-state index in [0.29, 0.717) is 25.7 Å². The van der Waals surface area contributed by atoms with E-state index in [1.54, 1.807) is 0 Å². The minimum absolute atomic E-state index is 0.0430. The molecule has 4 unspecified atom stereocenters. The lowest BCUT2D eigenvalue weighted by Gasteiger charge is -2.69. The van der Waals surface area contributed by atoms with Gasteiger partial charge < -0.3 is 45.2 Å². The van der Waals surface area contributed by atoms with E-state index in [-0.39, 0.29) is 41.6 Å². The van der Waals surface area contributed by atoms with Crippen molar-refractivity contribution in [1.29, 1.82) is 0 Å². The Labute approximate surface area is 266 Å². The van der Waals surface area contributed by atoms with Gasteiger partial charge in [0.1, 0.15) is 12.2 Å². The first-order valence-electron chi connectivity index (χ1n) is 17.2. The third kappa shape index (κ3) is 4.75. The minimum atomic E-state index is -1.32. The molecule has 5 aliphatic carbocycles. The fourth-order valence-corrected chi connectivity index (χ4v) is 11.8. The second kappa shape index (κ2) is 11.2. The van der Waals surface area contributed by atoms with Crippen LogP contribution in [-0.2, 0) is 14.3 Å². The molecule has 0 aromatic rings. The highest BCUT2D eigenvalue weighted by Gasteiger charge is 2.69. The first-order valence-corrected chi connectivity index (χ1v) is 17.2. The quantitative estimate of drug-likeness (QED) is 0.179. The van der Waals surface area contributed by atoms with Gasteiger partial charge in [0, 0.05) is 17.8 Å². The maximum absolute atomic E-state index is 14.3. The second-order valence-corrected chi connectivity index (χ2v) is 17.1. The van der Waals surface area contributed by atoms with Crippen LogP contribution in [0, 0.1) is 50.7 Å². The smallest absolute Gasteiger partial charge is 0.315 e. The van der Waals surface area contributed by atoms with Gasteiger partial charge in [-0.3, -0.25) is 4.79 Å². The molecule has 6 rings (SSSR count). The second-order valence-electron chi connectivity index (χ2n) is 17.1. The van der Waals surface area contributed by atoms with Gasteiger partial charge in [0.2, 0.25) is 6.29 Å². The topological polar surface area (TPSA) is 177 Å². The van der Waals surface area contributed by atoms with Crippen molar-refractivity contribution in [1.82, 2.24) is 0 Å². The van der Waals surface area contributed by atoms with Crippen molar-refractivity contribution in [2.24, 2.45) is 50.7 Å². The van der Waals surface area contributed by atoms with Gasteiger partial charge in [-0.05, 0) is 85.4 Å². The molecule has 10 heteroatoms. The van der Waals surface area contributed by atoms with Crippen LogP contribution in [0.2, 0.25) is 0 Å². The summed E-state index contributed by atoms with van der Waals surface area (Å²) in [4.78, 5) is 14.3. The fourth-order valence-electron chi connectivity index (χ4n) is 11.8. The molecule has 1 aliphatic heterocycles. The fraction of sp³-hybridized carbons (Fsp3) is 0.914. The summed E-state index contributed by atoms with van der Waals surface area (Å²) < 4.78 is 11.5. The number of aliphatic hydroxyl groups excluding tert-OH is 7. The van der Waals surface area contributed by atoms with Gasteiger partial charge in [-0.2, -0.15) is 0 Å². The zero-order chi connectivity index (χ0) is 32.9. The summed E-state index contributed by atoms with van der Waals surface area (Å²) >= 11 is 0. The Kier molecular flexibility index (Phi) is 8.42. The van der Waals surface area contributed by atoms with Crippen LogP contribution in [0.25, 0.3) is 0 Å². The predicted molar refractivity (Wildman–Crippen MR) is 163 cm³/mol. The number of ether oxygens (including phenoxy) is 2. The minimum Gasteiger partial charge on any atom is -0.432 e. The Bertz CT molecular complexity index is 1190. The van der Waals surface area contributed by atoms with Gasteiger partial charge in [0.25, 0.3) is 0 Å². The van der Waals surface area contributed by atoms with Crippen molar-refractivity contribution in [3.63, 3.8) is 0 Å². The third-order valence-electron chi connectivity index (χ3n) is 14.5. The summed E-state index contributed by atoms with van der Waals surface area (Å²) in [6.45, 7) is 9.91. The SMILES string of the molecule is CC1(C)CC[C@]2(C(=O)O[C@@H]3O[C@H](CO)[C@@H](O)C[C@H]3O)CCC3C(=CCC4[C@@]3(C)CCC3[C@]4(C)C[C@@H](O)[C@H](O)[C@]3(C)CO)C2[C@@H]1O. The molecule has 0 radical (unpaired) electrons. The first kappa shape index (κ1) is 33.8. The number of carbonyl (C=O) groups excluding carboxylic acids is 1. The molecule has 0 amide bonds. The van der Waals surface area contributed by atoms with Gasteiger partial charge in [-0.1, -0.05) is 46.3 Å². The molecule has 5 fully saturated rings. The molecule has 1 heterocycles. The standard InChI is InChI=1S/C35H56O10/c1-31(2)12-13-35(30(43)45-29-21(39)14-20(38)23(16-36)44-29)11-8-19-18(26(35)28(31)42)6-7-24-32(19,3)10-9-25-33(24,4)15-22(40)27(41)34(25,5)17-37/h6,19-29,36-42H,7-17H2,1-5H3/t19?,20-,21+,22+,23+,24?,25?,26?,27-,28-,29-,32-,33+,34+,35+/m0/s1. The van der Waals surface area contributed by atoms with E-state index < -0.39 is 77.7 Å². The number of rotatable bonds is 4. The Morgan fingerprint density at radius 2 is 1.58 bits per heavy atom. The molecular formula is C35H56O10. The van der Waals surface area contributed by atoms with E-state index in [1.165, 1.54) is 0 Å². The zero-order valence-electron chi connectivity index (χ0n) is 27.6. The van der Waals surface area contributed by atoms with Crippen molar-refractivity contribution in [3.8, 4) is 0 Å². The molecule has 4 saturated carbocycles. The summed E-state index contributed by atoms with van der Waals surface area (Å²) in [6.07, 6.45) is 0.159. The summed E-state index contributed by atoms with van der Waals surface area (Å²) in [7, 11) is 0. The molecule has 0 aromatic heterocycles. The number of carbonyl (C=O) groups is 1. The van der Waals surface area contributed by atoms with Crippen molar-refractivity contribution < 1.29 is 50.0 Å². The van der Waals surface area contributed by atoms with E-state index in [2.05, 4.69) is 19.9 Å². The highest BCUT2D eigenvalue weighted by Crippen LogP contribution is 2.72. The largest absolute Gasteiger partial charge is 0.432 e. The maximum atomic E-state index is 14.3. The number of aliphatic hydroxyl groups is 7. The van der Waals surface area contributed by atoms with Crippen LogP contribution in [-0.4, -0.2) is 97.8 Å². The average molecular weight is 637 g/mol. The number of hydrogen-bond donors (Lipinski definition) is 7. The summed E-state index contributed by atoms with van der Waals surface area (Å²) in [6, 6.07) is 0. The van der Waals surface area contributed by atoms with E-state index in [0.717, 1.165) is 31.3 Å². The molecule has 256 valence electrons. The molecule has 0 spiro atoms. The van der Waals surface area contributed by atoms with E-state index in [9.17, 15) is 40.5 Å². The zero-order valence-corrected chi connectivity index (χ0v) is 27.6. The van der Waals surface area contributed by atoms with Crippen LogP contribution < -0.4 is 0 Å². The molecule has 15 atom stereocenters. The number of hydrogen-bond acceptors (Lipinski definition) is 10. The molecule has 45 heavy (non-hydrogen) atoms. The van der Waals surface area contributed by atoms with Gasteiger partial charge in [0.05, 0.1) is 43.0 Å². The molecule has 6 aliphatic rings. The number of esters is 1. The van der Waals surface area contributed by atoms with E-state index in [4.69, 9.17) is 9.47 Å². The molecule has 7 N–H and O–H groups in total. The average Bonchev–Trinajstić information content (AvgIpc) is 2.98. The Morgan fingerprint density at radius 1 is 0.867 bits per heavy atom. The monoisotopic (exact) mass is 636 g/mol. The molecular weight excluding hydrogens is 580 g/mol. The van der Waals surface area contributed by atoms with Crippen molar-refractivity contribution in [2.75, 3.05) is 13.2 Å². The maximum Gasteiger partial charge on any atom is 0.315 e. The lowest BCUT2D eigenvalue weighted by molar-refractivity contribution is -0.272. The van der Waals surface area contributed by atoms with Gasteiger partial charge in [-0.15, -0.1) is 0 Å². The Morgan fingerprint density at radius 3 is 2.24 bits per heavy atom. The van der Waals surface area contributed by atoms with Crippen molar-refractivity contribution in [3.05, 3.63) is 11.6 Å². The van der Waals surface area contributed by atoms with Crippen LogP contribution >= 0.6 is 0 Å². The first-order chi connectivity index (χ1) is 21.0. The third-order valence-corrected chi connectivity index (χ3v) is 14.5. The molecule has 0 aromatic carbocycles. The van der Waals surface area contributed by atoms with Crippen LogP contribution in [0.3, 0.4) is 0 Å². The highest BCUT2D eigenvalue weighted by molar-refractivity contribution is 5.79. The van der Waals surface area contributed by atoms with E-state index in [1.807, 2.05) is 20.8 Å². The number of fused-ring (bicyclic) bond motifs is 7. The number of allylic oxidation sites excluding steroid dienone is 1. The summed E-state index contributed by atoms with van der Waals surface area (Å²) in [5.74, 6) is -0.645. The molecule has 1 saturated heterocycles. The Balaban J connectivity index is 1.35. The van der Waals surface area contributed by atoms with Crippen molar-refractivity contribution >= 4 is 5.97 Å². The summed E-state index contributed by atoms with van der Waals surface area (Å²) in [5, 5.41) is 75.1. The molecule has 0 bridgehead atoms. The molecule has 10 nitrogen and oxygen atoms in total. The van der Waals surface area contributed by atoms with Gasteiger partial charge in [-0.25, -0.2) is 0 Å². The van der Waals surface area contributed by atoms with Crippen LogP contribution in [0.5, 0.6) is 0 Å². The van der Waals surface area contributed by atoms with E-state index >= 15 is 0 Å². The van der Waals surface area contributed by atoms with Crippen molar-refractivity contribution in [2.45, 2.75) is 135 Å². The van der Waals surface area contributed by atoms with Crippen LogP contribution in [0.1, 0.15) is 92.4 Å². The van der Waals surface area contributed by atoms with Gasteiger partial charge in [0.15, 0.2) is 0 Å². The predicted octanol–water partition coefficient (Wildman–Crippen LogP) is 2.05. The lowest BCUT2D eigenvalue weighted by atomic mass is 9.36. The highest BCUT2D eigenvalue weighted by atomic mass is 16.7. The van der Waals surface area contributed by atoms with Crippen LogP contribution in [0.15, 0.2) is 11.6 Å². The summed E-state index contributed by atoms with van der Waals surface area (Å²) in [5.41, 5.74) is -1.62. The van der Waals surface area contributed by atoms with Gasteiger partial charge >= 0.3 is 5.97 Å². The van der Waals surface area contributed by atoms with Crippen LogP contribution in [0.4, 0.5) is 0 Å².